The standard InChI is InChI=1S/C25H28ClN5O2S/c1-4-30-23(21-12-7-13-31(21)24(33)18-9-5-8-16(2)14-18)28-29-25(30)34-15-22(32)27-20-11-6-10-19(26)17(20)3/h5-6,8-11,14,21H,4,7,12-13,15H2,1-3H3,(H,27,32). The molecule has 2 amide bonds. The molecule has 1 atom stereocenters. The lowest BCUT2D eigenvalue weighted by Gasteiger charge is -2.24. The highest BCUT2D eigenvalue weighted by molar-refractivity contribution is 7.99. The van der Waals surface area contributed by atoms with Crippen molar-refractivity contribution in [2.75, 3.05) is 17.6 Å². The van der Waals surface area contributed by atoms with Crippen LogP contribution in [-0.4, -0.2) is 43.8 Å². The van der Waals surface area contributed by atoms with Crippen LogP contribution in [0.15, 0.2) is 47.6 Å². The number of rotatable bonds is 7. The number of carbonyl (C=O) groups excluding carboxylic acids is 2. The minimum atomic E-state index is -0.139. The summed E-state index contributed by atoms with van der Waals surface area (Å²) in [5, 5.41) is 13.0. The van der Waals surface area contributed by atoms with Gasteiger partial charge in [-0.05, 0) is 63.4 Å². The van der Waals surface area contributed by atoms with E-state index in [0.29, 0.717) is 34.5 Å². The van der Waals surface area contributed by atoms with Gasteiger partial charge < -0.3 is 14.8 Å². The lowest BCUT2D eigenvalue weighted by Crippen LogP contribution is -2.32. The van der Waals surface area contributed by atoms with E-state index in [0.717, 1.165) is 29.8 Å². The molecular formula is C25H28ClN5O2S. The summed E-state index contributed by atoms with van der Waals surface area (Å²) in [6.07, 6.45) is 1.76. The van der Waals surface area contributed by atoms with E-state index in [-0.39, 0.29) is 23.6 Å². The summed E-state index contributed by atoms with van der Waals surface area (Å²) in [6, 6.07) is 13.0. The Labute approximate surface area is 208 Å². The molecule has 1 aliphatic heterocycles. The Kier molecular flexibility index (Phi) is 7.58. The van der Waals surface area contributed by atoms with Crippen molar-refractivity contribution in [1.82, 2.24) is 19.7 Å². The van der Waals surface area contributed by atoms with Crippen LogP contribution in [0.25, 0.3) is 0 Å². The second-order valence-corrected chi connectivity index (χ2v) is 9.71. The molecule has 0 bridgehead atoms. The third-order valence-corrected chi connectivity index (χ3v) is 7.39. The van der Waals surface area contributed by atoms with Gasteiger partial charge in [-0.25, -0.2) is 0 Å². The molecule has 178 valence electrons. The van der Waals surface area contributed by atoms with Gasteiger partial charge in [0.2, 0.25) is 5.91 Å². The topological polar surface area (TPSA) is 80.1 Å². The van der Waals surface area contributed by atoms with Gasteiger partial charge in [0.15, 0.2) is 11.0 Å². The second kappa shape index (κ2) is 10.6. The molecule has 0 radical (unpaired) electrons. The summed E-state index contributed by atoms with van der Waals surface area (Å²) in [6.45, 7) is 7.23. The van der Waals surface area contributed by atoms with Crippen molar-refractivity contribution in [3.05, 3.63) is 70.0 Å². The fraction of sp³-hybridized carbons (Fsp3) is 0.360. The number of nitrogens with one attached hydrogen (secondary N) is 1. The molecule has 1 aromatic heterocycles. The molecule has 0 saturated carbocycles. The van der Waals surface area contributed by atoms with Crippen molar-refractivity contribution in [2.24, 2.45) is 0 Å². The highest BCUT2D eigenvalue weighted by Crippen LogP contribution is 2.34. The molecule has 34 heavy (non-hydrogen) atoms. The number of aromatic nitrogens is 3. The van der Waals surface area contributed by atoms with Crippen molar-refractivity contribution in [3.63, 3.8) is 0 Å². The number of halogens is 1. The number of hydrogen-bond acceptors (Lipinski definition) is 5. The minimum absolute atomic E-state index is 0.0160. The first kappa shape index (κ1) is 24.3. The molecule has 1 fully saturated rings. The van der Waals surface area contributed by atoms with Gasteiger partial charge in [-0.15, -0.1) is 10.2 Å². The smallest absolute Gasteiger partial charge is 0.254 e. The summed E-state index contributed by atoms with van der Waals surface area (Å²) in [5.41, 5.74) is 3.29. The number of aryl methyl sites for hydroxylation is 1. The van der Waals surface area contributed by atoms with Crippen molar-refractivity contribution >= 4 is 40.9 Å². The Balaban J connectivity index is 1.47. The predicted octanol–water partition coefficient (Wildman–Crippen LogP) is 5.28. The van der Waals surface area contributed by atoms with Crippen LogP contribution in [0, 0.1) is 13.8 Å². The van der Waals surface area contributed by atoms with Gasteiger partial charge in [0.1, 0.15) is 0 Å². The van der Waals surface area contributed by atoms with Crippen LogP contribution in [0.4, 0.5) is 5.69 Å². The van der Waals surface area contributed by atoms with Crippen molar-refractivity contribution in [3.8, 4) is 0 Å². The van der Waals surface area contributed by atoms with Crippen LogP contribution in [0.5, 0.6) is 0 Å². The minimum Gasteiger partial charge on any atom is -0.328 e. The van der Waals surface area contributed by atoms with Crippen LogP contribution in [0.1, 0.15) is 53.1 Å². The first-order valence-electron chi connectivity index (χ1n) is 11.4. The van der Waals surface area contributed by atoms with Gasteiger partial charge in [-0.2, -0.15) is 0 Å². The van der Waals surface area contributed by atoms with E-state index in [1.165, 1.54) is 11.8 Å². The Morgan fingerprint density at radius 1 is 1.18 bits per heavy atom. The van der Waals surface area contributed by atoms with Gasteiger partial charge in [-0.1, -0.05) is 47.1 Å². The maximum Gasteiger partial charge on any atom is 0.254 e. The van der Waals surface area contributed by atoms with E-state index in [2.05, 4.69) is 15.5 Å². The quantitative estimate of drug-likeness (QED) is 0.449. The first-order valence-corrected chi connectivity index (χ1v) is 12.7. The first-order chi connectivity index (χ1) is 16.4. The lowest BCUT2D eigenvalue weighted by molar-refractivity contribution is -0.113. The second-order valence-electron chi connectivity index (χ2n) is 8.36. The molecule has 1 N–H and O–H groups in total. The number of hydrogen-bond donors (Lipinski definition) is 1. The molecule has 4 rings (SSSR count). The van der Waals surface area contributed by atoms with E-state index in [4.69, 9.17) is 11.6 Å². The summed E-state index contributed by atoms with van der Waals surface area (Å²) in [7, 11) is 0. The number of carbonyl (C=O) groups is 2. The van der Waals surface area contributed by atoms with Crippen molar-refractivity contribution < 1.29 is 9.59 Å². The molecular weight excluding hydrogens is 470 g/mol. The average molecular weight is 498 g/mol. The molecule has 9 heteroatoms. The maximum atomic E-state index is 13.2. The molecule has 1 saturated heterocycles. The largest absolute Gasteiger partial charge is 0.328 e. The number of thioether (sulfide) groups is 1. The third-order valence-electron chi connectivity index (χ3n) is 6.01. The normalized spacial score (nSPS) is 15.5. The summed E-state index contributed by atoms with van der Waals surface area (Å²) >= 11 is 7.49. The van der Waals surface area contributed by atoms with Gasteiger partial charge in [0, 0.05) is 29.4 Å². The number of likely N-dealkylation sites (tertiary alicyclic amines) is 1. The van der Waals surface area contributed by atoms with Crippen LogP contribution in [0.2, 0.25) is 5.02 Å². The third kappa shape index (κ3) is 5.13. The fourth-order valence-corrected chi connectivity index (χ4v) is 5.22. The van der Waals surface area contributed by atoms with Crippen LogP contribution < -0.4 is 5.32 Å². The Hall–Kier alpha value is -2.84. The summed E-state index contributed by atoms with van der Waals surface area (Å²) in [4.78, 5) is 27.7. The van der Waals surface area contributed by atoms with Crippen LogP contribution >= 0.6 is 23.4 Å². The molecule has 1 aliphatic rings. The van der Waals surface area contributed by atoms with Gasteiger partial charge >= 0.3 is 0 Å². The van der Waals surface area contributed by atoms with E-state index in [9.17, 15) is 9.59 Å². The fourth-order valence-electron chi connectivity index (χ4n) is 4.23. The zero-order valence-electron chi connectivity index (χ0n) is 19.5. The SMILES string of the molecule is CCn1c(SCC(=O)Nc2cccc(Cl)c2C)nnc1C1CCCN1C(=O)c1cccc(C)c1. The van der Waals surface area contributed by atoms with Crippen molar-refractivity contribution in [2.45, 2.75) is 51.4 Å². The van der Waals surface area contributed by atoms with Gasteiger partial charge in [0.25, 0.3) is 5.91 Å². The Morgan fingerprint density at radius 3 is 2.74 bits per heavy atom. The number of nitrogens with zero attached hydrogens (tertiary/aromatic N) is 4. The molecule has 3 aromatic rings. The average Bonchev–Trinajstić information content (AvgIpc) is 3.46. The molecule has 2 aromatic carbocycles. The van der Waals surface area contributed by atoms with E-state index < -0.39 is 0 Å². The number of amides is 2. The highest BCUT2D eigenvalue weighted by Gasteiger charge is 2.34. The summed E-state index contributed by atoms with van der Waals surface area (Å²) < 4.78 is 2.01. The lowest BCUT2D eigenvalue weighted by atomic mass is 10.1. The Morgan fingerprint density at radius 2 is 1.97 bits per heavy atom. The van der Waals surface area contributed by atoms with E-state index in [1.807, 2.05) is 66.6 Å². The molecule has 1 unspecified atom stereocenters. The monoisotopic (exact) mass is 497 g/mol. The van der Waals surface area contributed by atoms with Crippen LogP contribution in [0.3, 0.4) is 0 Å². The zero-order chi connectivity index (χ0) is 24.2. The van der Waals surface area contributed by atoms with Gasteiger partial charge in [0.05, 0.1) is 11.8 Å². The van der Waals surface area contributed by atoms with Gasteiger partial charge in [-0.3, -0.25) is 9.59 Å². The molecule has 7 nitrogen and oxygen atoms in total. The number of benzene rings is 2. The predicted molar refractivity (Wildman–Crippen MR) is 135 cm³/mol. The molecule has 0 spiro atoms. The van der Waals surface area contributed by atoms with Crippen LogP contribution in [-0.2, 0) is 11.3 Å². The van der Waals surface area contributed by atoms with E-state index in [1.54, 1.807) is 6.07 Å². The Bertz CT molecular complexity index is 1210. The summed E-state index contributed by atoms with van der Waals surface area (Å²) in [5.74, 6) is 0.845. The molecule has 2 heterocycles. The number of anilines is 1. The maximum absolute atomic E-state index is 13.2. The van der Waals surface area contributed by atoms with Crippen molar-refractivity contribution in [1.29, 1.82) is 0 Å². The zero-order valence-corrected chi connectivity index (χ0v) is 21.1. The van der Waals surface area contributed by atoms with E-state index >= 15 is 0 Å². The highest BCUT2D eigenvalue weighted by atomic mass is 35.5. The molecule has 0 aliphatic carbocycles.